The van der Waals surface area contributed by atoms with Crippen LogP contribution >= 0.6 is 0 Å². The number of fused-ring (bicyclic) bond motifs is 2. The largest absolute Gasteiger partial charge is 0.473 e. The maximum atomic E-state index is 13.1. The second kappa shape index (κ2) is 9.61. The van der Waals surface area contributed by atoms with Gasteiger partial charge in [0.2, 0.25) is 5.88 Å². The van der Waals surface area contributed by atoms with Crippen LogP contribution in [0.4, 0.5) is 0 Å². The van der Waals surface area contributed by atoms with Crippen molar-refractivity contribution in [1.29, 1.82) is 0 Å². The van der Waals surface area contributed by atoms with Crippen LogP contribution in [0, 0.1) is 0 Å². The lowest BCUT2D eigenvalue weighted by molar-refractivity contribution is -0.128. The van der Waals surface area contributed by atoms with Crippen LogP contribution in [0.15, 0.2) is 22.9 Å². The molecule has 1 saturated heterocycles. The zero-order valence-corrected chi connectivity index (χ0v) is 21.9. The van der Waals surface area contributed by atoms with Crippen LogP contribution in [0.5, 0.6) is 5.88 Å². The number of ether oxygens (including phenoxy) is 1. The third-order valence-corrected chi connectivity index (χ3v) is 8.45. The van der Waals surface area contributed by atoms with Gasteiger partial charge in [0.15, 0.2) is 23.1 Å². The second-order valence-corrected chi connectivity index (χ2v) is 10.8. The third kappa shape index (κ3) is 4.18. The predicted molar refractivity (Wildman–Crippen MR) is 137 cm³/mol. The molecule has 3 aromatic heterocycles. The van der Waals surface area contributed by atoms with Gasteiger partial charge in [0.1, 0.15) is 17.6 Å². The highest BCUT2D eigenvalue weighted by Crippen LogP contribution is 2.47. The molecule has 2 N–H and O–H groups in total. The molecule has 38 heavy (non-hydrogen) atoms. The minimum absolute atomic E-state index is 0.105. The average Bonchev–Trinajstić information content (AvgIpc) is 3.66. The number of ketones is 1. The molecule has 6 rings (SSSR count). The third-order valence-electron chi connectivity index (χ3n) is 8.45. The number of hydrogen-bond donors (Lipinski definition) is 1. The summed E-state index contributed by atoms with van der Waals surface area (Å²) < 4.78 is 13.8. The number of likely N-dealkylation sites (tertiary alicyclic amines) is 1. The van der Waals surface area contributed by atoms with Gasteiger partial charge in [-0.25, -0.2) is 9.67 Å². The molecule has 1 saturated carbocycles. The zero-order chi connectivity index (χ0) is 26.4. The Kier molecular flexibility index (Phi) is 6.25. The first kappa shape index (κ1) is 24.7. The molecule has 2 aliphatic carbocycles. The number of carbonyl (C=O) groups excluding carboxylic acids is 2. The van der Waals surface area contributed by atoms with Gasteiger partial charge < -0.3 is 15.0 Å². The smallest absolute Gasteiger partial charge is 0.269 e. The Morgan fingerprint density at radius 3 is 2.79 bits per heavy atom. The highest BCUT2D eigenvalue weighted by atomic mass is 16.5. The van der Waals surface area contributed by atoms with Crippen LogP contribution in [0.1, 0.15) is 80.1 Å². The van der Waals surface area contributed by atoms with Crippen molar-refractivity contribution in [3.8, 4) is 23.2 Å². The summed E-state index contributed by atoms with van der Waals surface area (Å²) in [5, 5.41) is 8.69. The van der Waals surface area contributed by atoms with Crippen molar-refractivity contribution in [1.82, 2.24) is 29.8 Å². The Bertz CT molecular complexity index is 1380. The molecule has 0 unspecified atom stereocenters. The first-order valence-corrected chi connectivity index (χ1v) is 13.5. The molecule has 200 valence electrons. The molecule has 3 aliphatic rings. The summed E-state index contributed by atoms with van der Waals surface area (Å²) in [7, 11) is 2.10. The van der Waals surface area contributed by atoms with E-state index in [1.165, 1.54) is 10.7 Å². The van der Waals surface area contributed by atoms with E-state index in [1.54, 1.807) is 12.3 Å². The summed E-state index contributed by atoms with van der Waals surface area (Å²) >= 11 is 0. The van der Waals surface area contributed by atoms with E-state index in [9.17, 15) is 9.59 Å². The molecule has 3 aromatic rings. The quantitative estimate of drug-likeness (QED) is 0.520. The predicted octanol–water partition coefficient (Wildman–Crippen LogP) is 2.99. The lowest BCUT2D eigenvalue weighted by Gasteiger charge is -2.36. The Labute approximate surface area is 220 Å². The van der Waals surface area contributed by atoms with E-state index in [1.807, 2.05) is 6.92 Å². The van der Waals surface area contributed by atoms with Gasteiger partial charge in [-0.05, 0) is 71.5 Å². The first-order chi connectivity index (χ1) is 18.4. The van der Waals surface area contributed by atoms with Crippen molar-refractivity contribution in [2.45, 2.75) is 82.3 Å². The van der Waals surface area contributed by atoms with Crippen molar-refractivity contribution in [3.63, 3.8) is 0 Å². The molecule has 1 spiro atoms. The highest BCUT2D eigenvalue weighted by Gasteiger charge is 2.48. The average molecular weight is 520 g/mol. The maximum absolute atomic E-state index is 13.1. The number of carbonyl (C=O) groups is 2. The molecule has 11 nitrogen and oxygen atoms in total. The number of nitrogens with two attached hydrogens (primary N) is 1. The number of likely N-dealkylation sites (N-methyl/N-ethyl adjacent to an activating group) is 1. The number of rotatable bonds is 6. The van der Waals surface area contributed by atoms with E-state index >= 15 is 0 Å². The van der Waals surface area contributed by atoms with Gasteiger partial charge in [0, 0.05) is 30.3 Å². The SMILES string of the molecule is C[C@H](Oc1cc(-n2ccc(C(N)=O)n2)nc(-c2noc3c2CCC[C@@]32CCCCC2=O)n1)[C@@H]1CCCN1C. The van der Waals surface area contributed by atoms with Gasteiger partial charge in [0.05, 0.1) is 5.41 Å². The minimum Gasteiger partial charge on any atom is -0.473 e. The summed E-state index contributed by atoms with van der Waals surface area (Å²) in [6, 6.07) is 3.52. The van der Waals surface area contributed by atoms with Gasteiger partial charge in [-0.1, -0.05) is 11.6 Å². The second-order valence-electron chi connectivity index (χ2n) is 10.8. The number of hydrogen-bond acceptors (Lipinski definition) is 9. The fourth-order valence-corrected chi connectivity index (χ4v) is 6.45. The van der Waals surface area contributed by atoms with Gasteiger partial charge in [0.25, 0.3) is 5.91 Å². The lowest BCUT2D eigenvalue weighted by atomic mass is 9.64. The summed E-state index contributed by atoms with van der Waals surface area (Å²) in [5.41, 5.74) is 6.38. The van der Waals surface area contributed by atoms with E-state index in [0.717, 1.165) is 63.5 Å². The fourth-order valence-electron chi connectivity index (χ4n) is 6.45. The number of Topliss-reactive ketones (excluding diaryl/α,β-unsaturated/α-hetero) is 1. The zero-order valence-electron chi connectivity index (χ0n) is 21.9. The van der Waals surface area contributed by atoms with Gasteiger partial charge >= 0.3 is 0 Å². The molecule has 2 fully saturated rings. The molecular formula is C27H33N7O4. The van der Waals surface area contributed by atoms with E-state index in [2.05, 4.69) is 22.2 Å². The van der Waals surface area contributed by atoms with Crippen molar-refractivity contribution in [3.05, 3.63) is 35.3 Å². The summed E-state index contributed by atoms with van der Waals surface area (Å²) in [6.07, 6.45) is 9.40. The van der Waals surface area contributed by atoms with Crippen molar-refractivity contribution < 1.29 is 18.8 Å². The van der Waals surface area contributed by atoms with Crippen LogP contribution in [-0.4, -0.2) is 67.2 Å². The Morgan fingerprint density at radius 1 is 1.21 bits per heavy atom. The summed E-state index contributed by atoms with van der Waals surface area (Å²) in [6.45, 7) is 3.08. The van der Waals surface area contributed by atoms with Gasteiger partial charge in [-0.2, -0.15) is 10.1 Å². The van der Waals surface area contributed by atoms with Crippen molar-refractivity contribution in [2.75, 3.05) is 13.6 Å². The topological polar surface area (TPSA) is 142 Å². The standard InChI is InChI=1S/C27H33N7O4/c1-16(19-8-6-13-33(19)2)37-22-15-21(34-14-10-18(31-34)25(28)36)29-26(30-22)23-17-7-5-12-27(24(17)38-32-23)11-4-3-9-20(27)35/h10,14-16,19H,3-9,11-13H2,1-2H3,(H2,28,36)/t16-,19-,27+/m0/s1. The van der Waals surface area contributed by atoms with Crippen molar-refractivity contribution >= 4 is 11.7 Å². The van der Waals surface area contributed by atoms with Crippen LogP contribution in [0.2, 0.25) is 0 Å². The van der Waals surface area contributed by atoms with Crippen LogP contribution in [0.3, 0.4) is 0 Å². The van der Waals surface area contributed by atoms with Gasteiger partial charge in [-0.3, -0.25) is 14.5 Å². The summed E-state index contributed by atoms with van der Waals surface area (Å²) in [4.78, 5) is 36.6. The Morgan fingerprint density at radius 2 is 2.05 bits per heavy atom. The van der Waals surface area contributed by atoms with Crippen molar-refractivity contribution in [2.24, 2.45) is 5.73 Å². The first-order valence-electron chi connectivity index (χ1n) is 13.5. The monoisotopic (exact) mass is 519 g/mol. The van der Waals surface area contributed by atoms with E-state index in [4.69, 9.17) is 25.0 Å². The fraction of sp³-hybridized carbons (Fsp3) is 0.556. The molecule has 1 amide bonds. The van der Waals surface area contributed by atoms with E-state index < -0.39 is 11.3 Å². The number of nitrogens with zero attached hydrogens (tertiary/aromatic N) is 6. The molecule has 0 radical (unpaired) electrons. The number of amides is 1. The van der Waals surface area contributed by atoms with E-state index in [0.29, 0.717) is 35.4 Å². The lowest BCUT2D eigenvalue weighted by Crippen LogP contribution is -2.41. The molecular weight excluding hydrogens is 486 g/mol. The molecule has 1 aliphatic heterocycles. The number of aromatic nitrogens is 5. The van der Waals surface area contributed by atoms with Crippen LogP contribution in [-0.2, 0) is 16.6 Å². The normalized spacial score (nSPS) is 24.5. The molecule has 4 heterocycles. The summed E-state index contributed by atoms with van der Waals surface area (Å²) in [5.74, 6) is 1.43. The highest BCUT2D eigenvalue weighted by molar-refractivity contribution is 5.91. The Hall–Kier alpha value is -3.60. The molecule has 3 atom stereocenters. The van der Waals surface area contributed by atoms with Gasteiger partial charge in [-0.15, -0.1) is 0 Å². The Balaban J connectivity index is 1.42. The molecule has 0 aromatic carbocycles. The maximum Gasteiger partial charge on any atom is 0.269 e. The molecule has 11 heteroatoms. The number of primary amides is 1. The van der Waals surface area contributed by atoms with E-state index in [-0.39, 0.29) is 23.6 Å². The van der Waals surface area contributed by atoms with Crippen LogP contribution < -0.4 is 10.5 Å². The molecule has 0 bridgehead atoms. The van der Waals surface area contributed by atoms with Crippen LogP contribution in [0.25, 0.3) is 17.3 Å². The minimum atomic E-state index is -0.625.